The number of aliphatic carboxylic acids is 1. The maximum absolute atomic E-state index is 12.0. The van der Waals surface area contributed by atoms with Gasteiger partial charge in [0.15, 0.2) is 0 Å². The molecule has 0 spiro atoms. The largest absolute Gasteiger partial charge is 0.481 e. The summed E-state index contributed by atoms with van der Waals surface area (Å²) in [6.45, 7) is 1.61. The van der Waals surface area contributed by atoms with E-state index in [1.54, 1.807) is 25.1 Å². The van der Waals surface area contributed by atoms with E-state index in [0.717, 1.165) is 4.31 Å². The lowest BCUT2D eigenvalue weighted by molar-refractivity contribution is -0.137. The molecule has 1 rings (SSSR count). The smallest absolute Gasteiger partial charge is 0.304 e. The highest BCUT2D eigenvalue weighted by molar-refractivity contribution is 7.90. The van der Waals surface area contributed by atoms with Gasteiger partial charge in [0.2, 0.25) is 0 Å². The van der Waals surface area contributed by atoms with Crippen molar-refractivity contribution in [1.29, 1.82) is 0 Å². The van der Waals surface area contributed by atoms with Gasteiger partial charge in [0.05, 0.1) is 17.1 Å². The van der Waals surface area contributed by atoms with Crippen LogP contribution in [0.25, 0.3) is 0 Å². The summed E-state index contributed by atoms with van der Waals surface area (Å²) >= 11 is 5.93. The van der Waals surface area contributed by atoms with Gasteiger partial charge < -0.3 is 5.11 Å². The molecule has 0 radical (unpaired) electrons. The fourth-order valence-electron chi connectivity index (χ4n) is 1.34. The van der Waals surface area contributed by atoms with E-state index in [4.69, 9.17) is 16.7 Å². The summed E-state index contributed by atoms with van der Waals surface area (Å²) in [5.41, 5.74) is 0.981. The van der Waals surface area contributed by atoms with Crippen LogP contribution in [0, 0.1) is 6.92 Å². The number of para-hydroxylation sites is 1. The van der Waals surface area contributed by atoms with Crippen molar-refractivity contribution in [2.24, 2.45) is 0 Å². The molecule has 0 aromatic heterocycles. The van der Waals surface area contributed by atoms with Crippen LogP contribution in [-0.2, 0) is 15.0 Å². The van der Waals surface area contributed by atoms with E-state index in [1.165, 1.54) is 7.05 Å². The quantitative estimate of drug-likeness (QED) is 0.837. The fraction of sp³-hybridized carbons (Fsp3) is 0.364. The monoisotopic (exact) mass is 306 g/mol. The molecular weight excluding hydrogens is 292 g/mol. The van der Waals surface area contributed by atoms with Gasteiger partial charge in [-0.05, 0) is 18.6 Å². The molecule has 6 nitrogen and oxygen atoms in total. The molecule has 0 heterocycles. The van der Waals surface area contributed by atoms with Crippen molar-refractivity contribution in [2.75, 3.05) is 18.3 Å². The molecular formula is C11H15ClN2O4S. The van der Waals surface area contributed by atoms with E-state index < -0.39 is 16.2 Å². The number of hydrogen-bond donors (Lipinski definition) is 2. The third kappa shape index (κ3) is 4.38. The minimum atomic E-state index is -3.82. The number of rotatable bonds is 6. The summed E-state index contributed by atoms with van der Waals surface area (Å²) in [4.78, 5) is 10.4. The summed E-state index contributed by atoms with van der Waals surface area (Å²) in [5.74, 6) is -1.06. The molecule has 0 aliphatic rings. The first-order valence-electron chi connectivity index (χ1n) is 5.45. The number of carboxylic acids is 1. The van der Waals surface area contributed by atoms with Crippen LogP contribution < -0.4 is 4.72 Å². The molecule has 8 heteroatoms. The van der Waals surface area contributed by atoms with Crippen LogP contribution in [0.2, 0.25) is 5.02 Å². The Labute approximate surface area is 117 Å². The lowest BCUT2D eigenvalue weighted by Crippen LogP contribution is -2.34. The Kier molecular flexibility index (Phi) is 5.16. The first-order valence-corrected chi connectivity index (χ1v) is 7.27. The van der Waals surface area contributed by atoms with Gasteiger partial charge in [0, 0.05) is 13.6 Å². The maximum Gasteiger partial charge on any atom is 0.304 e. The average Bonchev–Trinajstić information content (AvgIpc) is 2.31. The predicted molar refractivity (Wildman–Crippen MR) is 73.6 cm³/mol. The fourth-order valence-corrected chi connectivity index (χ4v) is 2.68. The SMILES string of the molecule is Cc1cccc(Cl)c1NS(=O)(=O)N(C)CCC(=O)O. The number of carbonyl (C=O) groups is 1. The van der Waals surface area contributed by atoms with Gasteiger partial charge in [-0.15, -0.1) is 0 Å². The molecule has 106 valence electrons. The molecule has 19 heavy (non-hydrogen) atoms. The van der Waals surface area contributed by atoms with Crippen LogP contribution in [0.5, 0.6) is 0 Å². The molecule has 0 atom stereocenters. The predicted octanol–water partition coefficient (Wildman–Crippen LogP) is 1.71. The first kappa shape index (κ1) is 15.7. The van der Waals surface area contributed by atoms with Gasteiger partial charge in [-0.3, -0.25) is 9.52 Å². The molecule has 0 saturated heterocycles. The third-order valence-electron chi connectivity index (χ3n) is 2.50. The van der Waals surface area contributed by atoms with Gasteiger partial charge in [0.25, 0.3) is 0 Å². The second-order valence-corrected chi connectivity index (χ2v) is 6.19. The van der Waals surface area contributed by atoms with Crippen molar-refractivity contribution in [1.82, 2.24) is 4.31 Å². The van der Waals surface area contributed by atoms with E-state index >= 15 is 0 Å². The van der Waals surface area contributed by atoms with Crippen LogP contribution in [0.15, 0.2) is 18.2 Å². The molecule has 0 aliphatic heterocycles. The standard InChI is InChI=1S/C11H15ClN2O4S/c1-8-4-3-5-9(12)11(8)13-19(17,18)14(2)7-6-10(15)16/h3-5,13H,6-7H2,1-2H3,(H,15,16). The molecule has 0 aliphatic carbocycles. The average molecular weight is 307 g/mol. The van der Waals surface area contributed by atoms with E-state index in [9.17, 15) is 13.2 Å². The Hall–Kier alpha value is -1.31. The Bertz CT molecular complexity index is 554. The van der Waals surface area contributed by atoms with Crippen LogP contribution in [-0.4, -0.2) is 37.4 Å². The molecule has 1 aromatic carbocycles. The van der Waals surface area contributed by atoms with Crippen molar-refractivity contribution in [2.45, 2.75) is 13.3 Å². The number of nitrogens with one attached hydrogen (secondary N) is 1. The zero-order valence-electron chi connectivity index (χ0n) is 10.6. The molecule has 0 bridgehead atoms. The lowest BCUT2D eigenvalue weighted by atomic mass is 10.2. The highest BCUT2D eigenvalue weighted by atomic mass is 35.5. The first-order chi connectivity index (χ1) is 8.74. The second-order valence-electron chi connectivity index (χ2n) is 4.00. The van der Waals surface area contributed by atoms with Crippen LogP contribution in [0.1, 0.15) is 12.0 Å². The number of hydrogen-bond acceptors (Lipinski definition) is 3. The summed E-state index contributed by atoms with van der Waals surface area (Å²) < 4.78 is 27.2. The molecule has 1 aromatic rings. The number of halogens is 1. The third-order valence-corrected chi connectivity index (χ3v) is 4.28. The number of anilines is 1. The maximum atomic E-state index is 12.0. The van der Waals surface area contributed by atoms with Crippen LogP contribution >= 0.6 is 11.6 Å². The normalized spacial score (nSPS) is 11.6. The lowest BCUT2D eigenvalue weighted by Gasteiger charge is -2.19. The van der Waals surface area contributed by atoms with Gasteiger partial charge in [0.1, 0.15) is 0 Å². The summed E-state index contributed by atoms with van der Waals surface area (Å²) in [5, 5.41) is 8.83. The summed E-state index contributed by atoms with van der Waals surface area (Å²) in [7, 11) is -2.52. The molecule has 0 saturated carbocycles. The Morgan fingerprint density at radius 2 is 2.11 bits per heavy atom. The van der Waals surface area contributed by atoms with Crippen LogP contribution in [0.3, 0.4) is 0 Å². The van der Waals surface area contributed by atoms with Crippen molar-refractivity contribution >= 4 is 33.5 Å². The summed E-state index contributed by atoms with van der Waals surface area (Å²) in [6.07, 6.45) is -0.265. The van der Waals surface area contributed by atoms with E-state index in [2.05, 4.69) is 4.72 Å². The van der Waals surface area contributed by atoms with Gasteiger partial charge in [-0.2, -0.15) is 12.7 Å². The van der Waals surface area contributed by atoms with E-state index in [1.807, 2.05) is 0 Å². The van der Waals surface area contributed by atoms with Crippen molar-refractivity contribution < 1.29 is 18.3 Å². The van der Waals surface area contributed by atoms with Gasteiger partial charge >= 0.3 is 16.2 Å². The minimum Gasteiger partial charge on any atom is -0.481 e. The highest BCUT2D eigenvalue weighted by Crippen LogP contribution is 2.26. The van der Waals surface area contributed by atoms with Crippen molar-refractivity contribution in [3.8, 4) is 0 Å². The van der Waals surface area contributed by atoms with Crippen molar-refractivity contribution in [3.05, 3.63) is 28.8 Å². The number of aryl methyl sites for hydroxylation is 1. The number of benzene rings is 1. The zero-order chi connectivity index (χ0) is 14.6. The molecule has 2 N–H and O–H groups in total. The zero-order valence-corrected chi connectivity index (χ0v) is 12.1. The Morgan fingerprint density at radius 1 is 1.47 bits per heavy atom. The van der Waals surface area contributed by atoms with Gasteiger partial charge in [-0.1, -0.05) is 23.7 Å². The van der Waals surface area contributed by atoms with Crippen LogP contribution in [0.4, 0.5) is 5.69 Å². The second kappa shape index (κ2) is 6.23. The van der Waals surface area contributed by atoms with E-state index in [0.29, 0.717) is 11.3 Å². The summed E-state index contributed by atoms with van der Waals surface area (Å²) in [6, 6.07) is 5.01. The molecule has 0 unspecified atom stereocenters. The van der Waals surface area contributed by atoms with E-state index in [-0.39, 0.29) is 18.0 Å². The number of carboxylic acid groups (broad SMARTS) is 1. The topological polar surface area (TPSA) is 86.7 Å². The Morgan fingerprint density at radius 3 is 2.63 bits per heavy atom. The Balaban J connectivity index is 2.88. The highest BCUT2D eigenvalue weighted by Gasteiger charge is 2.20. The minimum absolute atomic E-state index is 0.117. The molecule has 0 fully saturated rings. The van der Waals surface area contributed by atoms with Crippen molar-refractivity contribution in [3.63, 3.8) is 0 Å². The van der Waals surface area contributed by atoms with Gasteiger partial charge in [-0.25, -0.2) is 0 Å². The molecule has 0 amide bonds. The number of nitrogens with zero attached hydrogens (tertiary/aromatic N) is 1.